The van der Waals surface area contributed by atoms with E-state index in [4.69, 9.17) is 0 Å². The quantitative estimate of drug-likeness (QED) is 0.566. The first-order chi connectivity index (χ1) is 6.56. The fraction of sp³-hybridized carbons (Fsp3) is 0.222. The Bertz CT molecular complexity index is 354. The molecule has 0 aliphatic carbocycles. The van der Waals surface area contributed by atoms with E-state index in [1.807, 2.05) is 0 Å². The molecule has 0 saturated heterocycles. The van der Waals surface area contributed by atoms with Crippen molar-refractivity contribution in [2.45, 2.75) is 4.83 Å². The topological polar surface area (TPSA) is 17.1 Å². The van der Waals surface area contributed by atoms with Crippen molar-refractivity contribution in [1.82, 2.24) is 0 Å². The normalized spacial score (nSPS) is 12.6. The van der Waals surface area contributed by atoms with Gasteiger partial charge in [0.25, 0.3) is 0 Å². The molecule has 0 radical (unpaired) electrons. The molecule has 1 nitrogen and oxygen atoms in total. The minimum absolute atomic E-state index is 0.106. The van der Waals surface area contributed by atoms with Crippen LogP contribution in [0.1, 0.15) is 10.4 Å². The minimum atomic E-state index is -0.505. The lowest BCUT2D eigenvalue weighted by Gasteiger charge is -2.06. The maximum Gasteiger partial charge on any atom is 0.180 e. The second-order valence-electron chi connectivity index (χ2n) is 2.61. The standard InChI is InChI=1S/C9H6Br3FO/c10-4-7(12)9(14)6-2-1-5(11)3-8(6)13/h1-3,7H,4H2. The molecule has 0 saturated carbocycles. The summed E-state index contributed by atoms with van der Waals surface area (Å²) in [7, 11) is 0. The molecule has 76 valence electrons. The third-order valence-corrected chi connectivity index (χ3v) is 4.37. The molecule has 0 aromatic heterocycles. The molecular weight excluding hydrogens is 383 g/mol. The zero-order valence-electron chi connectivity index (χ0n) is 6.94. The summed E-state index contributed by atoms with van der Waals surface area (Å²) in [6, 6.07) is 4.39. The molecule has 1 atom stereocenters. The predicted molar refractivity (Wildman–Crippen MR) is 64.9 cm³/mol. The zero-order valence-corrected chi connectivity index (χ0v) is 11.7. The number of rotatable bonds is 3. The molecule has 1 rings (SSSR count). The monoisotopic (exact) mass is 386 g/mol. The molecule has 0 N–H and O–H groups in total. The molecule has 0 aliphatic heterocycles. The summed E-state index contributed by atoms with van der Waals surface area (Å²) >= 11 is 9.44. The third-order valence-electron chi connectivity index (χ3n) is 1.62. The van der Waals surface area contributed by atoms with E-state index in [0.29, 0.717) is 9.80 Å². The summed E-state index contributed by atoms with van der Waals surface area (Å²) in [6.07, 6.45) is 0. The average Bonchev–Trinajstić information content (AvgIpc) is 2.15. The van der Waals surface area contributed by atoms with Gasteiger partial charge in [-0.15, -0.1) is 0 Å². The Labute approximate surface area is 106 Å². The number of hydrogen-bond acceptors (Lipinski definition) is 1. The lowest BCUT2D eigenvalue weighted by Crippen LogP contribution is -2.16. The maximum atomic E-state index is 13.3. The Morgan fingerprint density at radius 1 is 1.50 bits per heavy atom. The van der Waals surface area contributed by atoms with Gasteiger partial charge in [-0.25, -0.2) is 4.39 Å². The Kier molecular flexibility index (Phi) is 4.73. The molecule has 0 spiro atoms. The van der Waals surface area contributed by atoms with Gasteiger partial charge in [0.1, 0.15) is 5.82 Å². The second-order valence-corrected chi connectivity index (χ2v) is 5.28. The van der Waals surface area contributed by atoms with E-state index in [1.54, 1.807) is 6.07 Å². The van der Waals surface area contributed by atoms with Crippen LogP contribution in [-0.2, 0) is 0 Å². The van der Waals surface area contributed by atoms with Gasteiger partial charge in [-0.3, -0.25) is 4.79 Å². The number of Topliss-reactive ketones (excluding diaryl/α,β-unsaturated/α-hetero) is 1. The summed E-state index contributed by atoms with van der Waals surface area (Å²) in [5, 5.41) is 0.460. The number of benzene rings is 1. The highest BCUT2D eigenvalue weighted by Crippen LogP contribution is 2.19. The van der Waals surface area contributed by atoms with Crippen molar-refractivity contribution in [3.63, 3.8) is 0 Å². The highest BCUT2D eigenvalue weighted by molar-refractivity contribution is 9.12. The molecule has 0 aliphatic rings. The lowest BCUT2D eigenvalue weighted by molar-refractivity contribution is 0.0993. The fourth-order valence-corrected chi connectivity index (χ4v) is 1.80. The van der Waals surface area contributed by atoms with Crippen molar-refractivity contribution in [2.24, 2.45) is 0 Å². The molecule has 5 heteroatoms. The van der Waals surface area contributed by atoms with Crippen LogP contribution in [0.5, 0.6) is 0 Å². The van der Waals surface area contributed by atoms with Gasteiger partial charge in [0.15, 0.2) is 5.78 Å². The molecule has 1 unspecified atom stereocenters. The smallest absolute Gasteiger partial charge is 0.180 e. The van der Waals surface area contributed by atoms with Crippen LogP contribution >= 0.6 is 47.8 Å². The van der Waals surface area contributed by atoms with Crippen molar-refractivity contribution in [2.75, 3.05) is 5.33 Å². The van der Waals surface area contributed by atoms with Crippen LogP contribution in [0.25, 0.3) is 0 Å². The second kappa shape index (κ2) is 5.37. The maximum absolute atomic E-state index is 13.3. The summed E-state index contributed by atoms with van der Waals surface area (Å²) in [5.41, 5.74) is 0.106. The molecule has 0 bridgehead atoms. The predicted octanol–water partition coefficient (Wildman–Crippen LogP) is 3.93. The van der Waals surface area contributed by atoms with Crippen LogP contribution in [0, 0.1) is 5.82 Å². The number of alkyl halides is 2. The van der Waals surface area contributed by atoms with E-state index in [2.05, 4.69) is 47.8 Å². The average molecular weight is 389 g/mol. The van der Waals surface area contributed by atoms with Crippen molar-refractivity contribution in [1.29, 1.82) is 0 Å². The Morgan fingerprint density at radius 3 is 2.64 bits per heavy atom. The summed E-state index contributed by atoms with van der Waals surface area (Å²) in [5.74, 6) is -0.762. The molecule has 14 heavy (non-hydrogen) atoms. The SMILES string of the molecule is O=C(c1ccc(Br)cc1F)C(Br)CBr. The molecular formula is C9H6Br3FO. The van der Waals surface area contributed by atoms with Gasteiger partial charge in [-0.2, -0.15) is 0 Å². The van der Waals surface area contributed by atoms with Crippen molar-refractivity contribution < 1.29 is 9.18 Å². The van der Waals surface area contributed by atoms with Gasteiger partial charge in [0.05, 0.1) is 10.4 Å². The van der Waals surface area contributed by atoms with E-state index < -0.39 is 10.6 Å². The number of hydrogen-bond donors (Lipinski definition) is 0. The summed E-state index contributed by atoms with van der Waals surface area (Å²) in [4.78, 5) is 11.2. The van der Waals surface area contributed by atoms with Crippen molar-refractivity contribution in [3.05, 3.63) is 34.1 Å². The first kappa shape index (κ1) is 12.3. The van der Waals surface area contributed by atoms with Crippen LogP contribution in [0.2, 0.25) is 0 Å². The van der Waals surface area contributed by atoms with Crippen LogP contribution < -0.4 is 0 Å². The van der Waals surface area contributed by atoms with Crippen LogP contribution in [-0.4, -0.2) is 15.9 Å². The summed E-state index contributed by atoms with van der Waals surface area (Å²) in [6.45, 7) is 0. The van der Waals surface area contributed by atoms with Crippen molar-refractivity contribution in [3.8, 4) is 0 Å². The highest BCUT2D eigenvalue weighted by atomic mass is 79.9. The van der Waals surface area contributed by atoms with Gasteiger partial charge < -0.3 is 0 Å². The summed E-state index contributed by atoms with van der Waals surface area (Å²) < 4.78 is 13.9. The van der Waals surface area contributed by atoms with Gasteiger partial charge in [0.2, 0.25) is 0 Å². The third kappa shape index (κ3) is 2.87. The number of carbonyl (C=O) groups is 1. The van der Waals surface area contributed by atoms with Gasteiger partial charge in [0, 0.05) is 9.80 Å². The molecule has 1 aromatic rings. The van der Waals surface area contributed by atoms with E-state index in [1.165, 1.54) is 12.1 Å². The Balaban J connectivity index is 3.02. The first-order valence-electron chi connectivity index (χ1n) is 3.75. The van der Waals surface area contributed by atoms with Crippen molar-refractivity contribution >= 4 is 53.6 Å². The van der Waals surface area contributed by atoms with Crippen LogP contribution in [0.3, 0.4) is 0 Å². The number of halogens is 4. The van der Waals surface area contributed by atoms with Crippen LogP contribution in [0.15, 0.2) is 22.7 Å². The van der Waals surface area contributed by atoms with Crippen LogP contribution in [0.4, 0.5) is 4.39 Å². The molecule has 0 amide bonds. The molecule has 0 heterocycles. The Hall–Kier alpha value is 0.260. The first-order valence-corrected chi connectivity index (χ1v) is 6.58. The number of ketones is 1. The van der Waals surface area contributed by atoms with E-state index in [-0.39, 0.29) is 11.3 Å². The minimum Gasteiger partial charge on any atom is -0.293 e. The number of carbonyl (C=O) groups excluding carboxylic acids is 1. The van der Waals surface area contributed by atoms with E-state index in [0.717, 1.165) is 0 Å². The molecule has 0 fully saturated rings. The van der Waals surface area contributed by atoms with Gasteiger partial charge in [-0.05, 0) is 18.2 Å². The lowest BCUT2D eigenvalue weighted by atomic mass is 10.1. The zero-order chi connectivity index (χ0) is 10.7. The fourth-order valence-electron chi connectivity index (χ4n) is 0.928. The Morgan fingerprint density at radius 2 is 2.14 bits per heavy atom. The largest absolute Gasteiger partial charge is 0.293 e. The van der Waals surface area contributed by atoms with Gasteiger partial charge in [-0.1, -0.05) is 47.8 Å². The highest BCUT2D eigenvalue weighted by Gasteiger charge is 2.18. The van der Waals surface area contributed by atoms with E-state index >= 15 is 0 Å². The van der Waals surface area contributed by atoms with Gasteiger partial charge >= 0.3 is 0 Å². The van der Waals surface area contributed by atoms with E-state index in [9.17, 15) is 9.18 Å². The molecule has 1 aromatic carbocycles.